The van der Waals surface area contributed by atoms with Crippen molar-refractivity contribution >= 4 is 29.2 Å². The second-order valence-electron chi connectivity index (χ2n) is 6.52. The Balaban J connectivity index is 1.59. The number of nitrogens with one attached hydrogen (secondary N) is 1. The van der Waals surface area contributed by atoms with Gasteiger partial charge in [0.2, 0.25) is 5.91 Å². The van der Waals surface area contributed by atoms with Crippen molar-refractivity contribution in [2.45, 2.75) is 32.2 Å². The molecule has 2 saturated heterocycles. The smallest absolute Gasteiger partial charge is 0.317 e. The summed E-state index contributed by atoms with van der Waals surface area (Å²) < 4.78 is 0. The number of urea groups is 1. The third-order valence-corrected chi connectivity index (χ3v) is 4.79. The van der Waals surface area contributed by atoms with Crippen LogP contribution in [0.25, 0.3) is 0 Å². The summed E-state index contributed by atoms with van der Waals surface area (Å²) in [7, 11) is 0. The fraction of sp³-hybridized carbons (Fsp3) is 0.529. The van der Waals surface area contributed by atoms with Crippen LogP contribution in [0.2, 0.25) is 5.02 Å². The molecule has 1 N–H and O–H groups in total. The zero-order chi connectivity index (χ0) is 16.4. The number of rotatable bonds is 2. The van der Waals surface area contributed by atoms with Gasteiger partial charge in [0.25, 0.3) is 0 Å². The number of anilines is 1. The van der Waals surface area contributed by atoms with Gasteiger partial charge in [0.1, 0.15) is 0 Å². The quantitative estimate of drug-likeness (QED) is 0.903. The molecule has 0 saturated carbocycles. The number of carbonyl (C=O) groups excluding carboxylic acids is 2. The fourth-order valence-electron chi connectivity index (χ4n) is 3.31. The van der Waals surface area contributed by atoms with Gasteiger partial charge in [-0.25, -0.2) is 4.79 Å². The van der Waals surface area contributed by atoms with Crippen LogP contribution in [-0.2, 0) is 4.79 Å². The number of halogens is 1. The van der Waals surface area contributed by atoms with Gasteiger partial charge in [-0.15, -0.1) is 0 Å². The number of piperidine rings is 1. The molecule has 23 heavy (non-hydrogen) atoms. The predicted octanol–water partition coefficient (Wildman–Crippen LogP) is 2.89. The lowest BCUT2D eigenvalue weighted by Crippen LogP contribution is -2.49. The predicted molar refractivity (Wildman–Crippen MR) is 90.7 cm³/mol. The minimum absolute atomic E-state index is 0.0321. The van der Waals surface area contributed by atoms with Crippen molar-refractivity contribution in [3.8, 4) is 0 Å². The summed E-state index contributed by atoms with van der Waals surface area (Å²) in [5.74, 6) is 0.579. The van der Waals surface area contributed by atoms with Gasteiger partial charge in [-0.3, -0.25) is 4.79 Å². The van der Waals surface area contributed by atoms with E-state index in [9.17, 15) is 9.59 Å². The summed E-state index contributed by atoms with van der Waals surface area (Å²) in [6.07, 6.45) is 2.57. The van der Waals surface area contributed by atoms with E-state index < -0.39 is 0 Å². The van der Waals surface area contributed by atoms with Crippen LogP contribution in [0.3, 0.4) is 0 Å². The lowest BCUT2D eigenvalue weighted by atomic mass is 10.0. The van der Waals surface area contributed by atoms with E-state index >= 15 is 0 Å². The Kier molecular flexibility index (Phi) is 4.76. The molecule has 3 amide bonds. The highest BCUT2D eigenvalue weighted by atomic mass is 35.5. The zero-order valence-corrected chi connectivity index (χ0v) is 14.1. The summed E-state index contributed by atoms with van der Waals surface area (Å²) in [6, 6.07) is 7.01. The highest BCUT2D eigenvalue weighted by Crippen LogP contribution is 2.23. The van der Waals surface area contributed by atoms with Crippen molar-refractivity contribution in [2.75, 3.05) is 24.5 Å². The van der Waals surface area contributed by atoms with Crippen molar-refractivity contribution in [3.05, 3.63) is 29.3 Å². The maximum absolute atomic E-state index is 12.4. The molecule has 2 unspecified atom stereocenters. The van der Waals surface area contributed by atoms with Gasteiger partial charge in [0.05, 0.1) is 6.04 Å². The van der Waals surface area contributed by atoms with Crippen molar-refractivity contribution in [2.24, 2.45) is 5.92 Å². The van der Waals surface area contributed by atoms with Crippen LogP contribution in [-0.4, -0.2) is 42.5 Å². The van der Waals surface area contributed by atoms with E-state index in [0.717, 1.165) is 25.2 Å². The van der Waals surface area contributed by atoms with E-state index in [1.807, 2.05) is 17.0 Å². The van der Waals surface area contributed by atoms with E-state index in [1.54, 1.807) is 17.0 Å². The molecule has 2 aliphatic heterocycles. The number of likely N-dealkylation sites (tertiary alicyclic amines) is 1. The van der Waals surface area contributed by atoms with Gasteiger partial charge in [0.15, 0.2) is 0 Å². The zero-order valence-electron chi connectivity index (χ0n) is 13.3. The molecule has 5 nitrogen and oxygen atoms in total. The van der Waals surface area contributed by atoms with E-state index in [1.165, 1.54) is 6.42 Å². The Bertz CT molecular complexity index is 590. The molecule has 2 aliphatic rings. The number of benzene rings is 1. The summed E-state index contributed by atoms with van der Waals surface area (Å²) in [5, 5.41) is 3.65. The Labute approximate surface area is 141 Å². The standard InChI is InChI=1S/C17H22ClN3O2/c1-12-3-2-8-20(10-12)17(23)19-14-9-16(22)21(11-14)15-6-4-13(18)5-7-15/h4-7,12,14H,2-3,8-11H2,1H3,(H,19,23). The minimum atomic E-state index is -0.136. The summed E-state index contributed by atoms with van der Waals surface area (Å²) >= 11 is 5.88. The molecule has 0 spiro atoms. The maximum atomic E-state index is 12.4. The first-order chi connectivity index (χ1) is 11.0. The number of amides is 3. The largest absolute Gasteiger partial charge is 0.333 e. The average Bonchev–Trinajstić information content (AvgIpc) is 2.88. The molecule has 2 heterocycles. The molecular formula is C17H22ClN3O2. The Morgan fingerprint density at radius 1 is 1.26 bits per heavy atom. The van der Waals surface area contributed by atoms with Gasteiger partial charge in [-0.05, 0) is 43.0 Å². The lowest BCUT2D eigenvalue weighted by Gasteiger charge is -2.31. The Morgan fingerprint density at radius 2 is 2.00 bits per heavy atom. The third kappa shape index (κ3) is 3.78. The van der Waals surface area contributed by atoms with Crippen LogP contribution in [0.15, 0.2) is 24.3 Å². The SMILES string of the molecule is CC1CCCN(C(=O)NC2CC(=O)N(c3ccc(Cl)cc3)C2)C1. The normalized spacial score (nSPS) is 24.9. The topological polar surface area (TPSA) is 52.7 Å². The molecule has 2 fully saturated rings. The van der Waals surface area contributed by atoms with Gasteiger partial charge >= 0.3 is 6.03 Å². The number of nitrogens with zero attached hydrogens (tertiary/aromatic N) is 2. The van der Waals surface area contributed by atoms with Gasteiger partial charge in [-0.2, -0.15) is 0 Å². The molecule has 1 aromatic carbocycles. The van der Waals surface area contributed by atoms with E-state index in [2.05, 4.69) is 12.2 Å². The molecule has 0 aromatic heterocycles. The first-order valence-electron chi connectivity index (χ1n) is 8.14. The number of carbonyl (C=O) groups is 2. The highest BCUT2D eigenvalue weighted by molar-refractivity contribution is 6.30. The second kappa shape index (κ2) is 6.79. The molecule has 124 valence electrons. The van der Waals surface area contributed by atoms with Crippen LogP contribution in [0.4, 0.5) is 10.5 Å². The average molecular weight is 336 g/mol. The molecular weight excluding hydrogens is 314 g/mol. The van der Waals surface area contributed by atoms with Gasteiger partial charge in [-0.1, -0.05) is 18.5 Å². The number of hydrogen-bond donors (Lipinski definition) is 1. The molecule has 3 rings (SSSR count). The van der Waals surface area contributed by atoms with Crippen LogP contribution < -0.4 is 10.2 Å². The molecule has 0 bridgehead atoms. The van der Waals surface area contributed by atoms with Crippen molar-refractivity contribution in [1.29, 1.82) is 0 Å². The van der Waals surface area contributed by atoms with Crippen LogP contribution in [0, 0.1) is 5.92 Å². The maximum Gasteiger partial charge on any atom is 0.317 e. The Hall–Kier alpha value is -1.75. The van der Waals surface area contributed by atoms with Gasteiger partial charge < -0.3 is 15.1 Å². The third-order valence-electron chi connectivity index (χ3n) is 4.54. The van der Waals surface area contributed by atoms with Crippen molar-refractivity contribution in [1.82, 2.24) is 10.2 Å². The fourth-order valence-corrected chi connectivity index (χ4v) is 3.44. The lowest BCUT2D eigenvalue weighted by molar-refractivity contribution is -0.117. The highest BCUT2D eigenvalue weighted by Gasteiger charge is 2.33. The summed E-state index contributed by atoms with van der Waals surface area (Å²) in [4.78, 5) is 28.1. The number of hydrogen-bond acceptors (Lipinski definition) is 2. The minimum Gasteiger partial charge on any atom is -0.333 e. The van der Waals surface area contributed by atoms with Gasteiger partial charge in [0, 0.05) is 36.8 Å². The van der Waals surface area contributed by atoms with Crippen LogP contribution in [0.5, 0.6) is 0 Å². The monoisotopic (exact) mass is 335 g/mol. The van der Waals surface area contributed by atoms with Crippen molar-refractivity contribution < 1.29 is 9.59 Å². The van der Waals surface area contributed by atoms with E-state index in [-0.39, 0.29) is 18.0 Å². The molecule has 1 aromatic rings. The first-order valence-corrected chi connectivity index (χ1v) is 8.52. The molecule has 0 aliphatic carbocycles. The second-order valence-corrected chi connectivity index (χ2v) is 6.96. The van der Waals surface area contributed by atoms with Crippen LogP contribution >= 0.6 is 11.6 Å². The molecule has 0 radical (unpaired) electrons. The Morgan fingerprint density at radius 3 is 2.70 bits per heavy atom. The summed E-state index contributed by atoms with van der Waals surface area (Å²) in [5.41, 5.74) is 0.822. The van der Waals surface area contributed by atoms with Crippen LogP contribution in [0.1, 0.15) is 26.2 Å². The van der Waals surface area contributed by atoms with Crippen molar-refractivity contribution in [3.63, 3.8) is 0 Å². The van der Waals surface area contributed by atoms with E-state index in [0.29, 0.717) is 23.9 Å². The first kappa shape index (κ1) is 16.1. The summed E-state index contributed by atoms with van der Waals surface area (Å²) in [6.45, 7) is 4.28. The molecule has 2 atom stereocenters. The molecule has 6 heteroatoms. The van der Waals surface area contributed by atoms with E-state index in [4.69, 9.17) is 11.6 Å².